The van der Waals surface area contributed by atoms with Gasteiger partial charge in [0.05, 0.1) is 0 Å². The number of hydrogen-bond acceptors (Lipinski definition) is 4. The van der Waals surface area contributed by atoms with Gasteiger partial charge >= 0.3 is 5.97 Å². The molecule has 0 saturated heterocycles. The maximum Gasteiger partial charge on any atom is 0.347 e. The van der Waals surface area contributed by atoms with Gasteiger partial charge in [0.25, 0.3) is 16.6 Å². The molecule has 0 bridgehead atoms. The maximum absolute atomic E-state index is 14.3. The Hall–Kier alpha value is -2.58. The van der Waals surface area contributed by atoms with Crippen LogP contribution >= 0.6 is 0 Å². The van der Waals surface area contributed by atoms with Crippen molar-refractivity contribution < 1.29 is 18.4 Å². The van der Waals surface area contributed by atoms with Crippen LogP contribution in [0.25, 0.3) is 10.8 Å². The molecule has 3 aromatic carbocycles. The fraction of sp³-hybridized carbons (Fsp3) is 0.585. The van der Waals surface area contributed by atoms with Crippen LogP contribution in [0.3, 0.4) is 0 Å². The van der Waals surface area contributed by atoms with E-state index in [1.54, 1.807) is 0 Å². The van der Waals surface area contributed by atoms with E-state index >= 15 is 0 Å². The van der Waals surface area contributed by atoms with Gasteiger partial charge in [-0.3, -0.25) is 0 Å². The minimum Gasteiger partial charge on any atom is -0.543 e. The smallest absolute Gasteiger partial charge is 0.347 e. The molecule has 3 rings (SSSR count). The third kappa shape index (κ3) is 11.5. The highest BCUT2D eigenvalue weighted by Gasteiger charge is 2.39. The molecule has 0 radical (unpaired) electrons. The number of esters is 1. The van der Waals surface area contributed by atoms with E-state index in [1.165, 1.54) is 38.5 Å². The third-order valence-corrected chi connectivity index (χ3v) is 18.6. The van der Waals surface area contributed by atoms with Crippen LogP contribution < -0.4 is 13.6 Å². The number of hydrogen-bond donors (Lipinski definition) is 0. The van der Waals surface area contributed by atoms with Crippen LogP contribution in [0.2, 0.25) is 36.3 Å². The van der Waals surface area contributed by atoms with E-state index in [4.69, 9.17) is 13.6 Å². The summed E-state index contributed by atoms with van der Waals surface area (Å²) in [6.45, 7) is 13.7. The molecule has 0 saturated carbocycles. The van der Waals surface area contributed by atoms with Crippen LogP contribution in [0.4, 0.5) is 0 Å². The van der Waals surface area contributed by atoms with Crippen LogP contribution in [-0.2, 0) is 0 Å². The average molecular weight is 677 g/mol. The molecule has 0 N–H and O–H groups in total. The number of ether oxygens (including phenoxy) is 1. The molecular formula is C41H64O4Si2. The van der Waals surface area contributed by atoms with Crippen molar-refractivity contribution in [2.24, 2.45) is 0 Å². The summed E-state index contributed by atoms with van der Waals surface area (Å²) in [5, 5.41) is 2.04. The van der Waals surface area contributed by atoms with Crippen LogP contribution in [0.1, 0.15) is 129 Å². The highest BCUT2D eigenvalue weighted by Crippen LogP contribution is 2.43. The summed E-state index contributed by atoms with van der Waals surface area (Å²) in [4.78, 5) is 14.3. The van der Waals surface area contributed by atoms with E-state index in [1.807, 2.05) is 36.4 Å². The lowest BCUT2D eigenvalue weighted by Gasteiger charge is -2.35. The molecule has 0 amide bonds. The fourth-order valence-corrected chi connectivity index (χ4v) is 16.2. The van der Waals surface area contributed by atoms with Gasteiger partial charge in [-0.05, 0) is 54.5 Å². The van der Waals surface area contributed by atoms with E-state index in [0.717, 1.165) is 91.3 Å². The van der Waals surface area contributed by atoms with Crippen molar-refractivity contribution in [3.8, 4) is 17.2 Å². The van der Waals surface area contributed by atoms with Crippen molar-refractivity contribution >= 4 is 33.4 Å². The number of unbranched alkanes of at least 4 members (excludes halogenated alkanes) is 6. The predicted octanol–water partition coefficient (Wildman–Crippen LogP) is 13.5. The molecule has 0 unspecified atom stereocenters. The molecule has 0 aliphatic heterocycles. The standard InChI is InChI=1S/C41H64O4Si2/c1-7-13-28-46(29-14-8-2,30-15-9-3)44-39-34-38(41(42)43-35-24-20-19-21-25-35)40(37-27-23-22-26-36(37)39)45-47(31-16-10-4,32-17-11-5)33-18-12-6/h19-27,34H,7-18,28-33H2,1-6H3. The Morgan fingerprint density at radius 1 is 0.532 bits per heavy atom. The molecule has 47 heavy (non-hydrogen) atoms. The van der Waals surface area contributed by atoms with Crippen molar-refractivity contribution in [2.45, 2.75) is 155 Å². The van der Waals surface area contributed by atoms with Crippen molar-refractivity contribution in [2.75, 3.05) is 0 Å². The molecule has 0 aliphatic carbocycles. The molecule has 0 aromatic heterocycles. The summed E-state index contributed by atoms with van der Waals surface area (Å²) < 4.78 is 21.0. The van der Waals surface area contributed by atoms with Crippen LogP contribution in [0.5, 0.6) is 17.2 Å². The summed E-state index contributed by atoms with van der Waals surface area (Å²) in [6, 6.07) is 26.8. The molecule has 4 nitrogen and oxygen atoms in total. The summed E-state index contributed by atoms with van der Waals surface area (Å²) >= 11 is 0. The van der Waals surface area contributed by atoms with E-state index < -0.39 is 16.6 Å². The first-order chi connectivity index (χ1) is 22.9. The third-order valence-electron chi connectivity index (χ3n) is 9.69. The number of rotatable bonds is 24. The van der Waals surface area contributed by atoms with Crippen LogP contribution in [0, 0.1) is 0 Å². The second-order valence-electron chi connectivity index (χ2n) is 13.7. The Morgan fingerprint density at radius 3 is 1.38 bits per heavy atom. The van der Waals surface area contributed by atoms with Gasteiger partial charge in [-0.25, -0.2) is 4.79 Å². The number of carbonyl (C=O) groups is 1. The SMILES string of the molecule is CCCC[Si](CCCC)(CCCC)Oc1cc(C(=O)Oc2ccccc2)c(O[Si](CCCC)(CCCC)CCCC)c2ccccc12. The fourth-order valence-electron chi connectivity index (χ4n) is 6.81. The molecular weight excluding hydrogens is 613 g/mol. The van der Waals surface area contributed by atoms with Crippen LogP contribution in [0.15, 0.2) is 60.7 Å². The van der Waals surface area contributed by atoms with E-state index in [2.05, 4.69) is 65.8 Å². The van der Waals surface area contributed by atoms with Gasteiger partial charge in [0.15, 0.2) is 0 Å². The monoisotopic (exact) mass is 676 g/mol. The molecule has 0 atom stereocenters. The number of fused-ring (bicyclic) bond motifs is 1. The van der Waals surface area contributed by atoms with Gasteiger partial charge in [-0.2, -0.15) is 0 Å². The van der Waals surface area contributed by atoms with Crippen molar-refractivity contribution in [3.05, 3.63) is 66.2 Å². The zero-order valence-corrected chi connectivity index (χ0v) is 32.6. The Morgan fingerprint density at radius 2 is 0.936 bits per heavy atom. The molecule has 0 aliphatic rings. The van der Waals surface area contributed by atoms with Crippen molar-refractivity contribution in [1.29, 1.82) is 0 Å². The zero-order valence-electron chi connectivity index (χ0n) is 30.6. The molecule has 0 spiro atoms. The van der Waals surface area contributed by atoms with Gasteiger partial charge < -0.3 is 13.6 Å². The van der Waals surface area contributed by atoms with E-state index in [-0.39, 0.29) is 5.97 Å². The van der Waals surface area contributed by atoms with Crippen molar-refractivity contribution in [3.63, 3.8) is 0 Å². The Labute approximate surface area is 289 Å². The van der Waals surface area contributed by atoms with Gasteiger partial charge in [-0.1, -0.05) is 161 Å². The quantitative estimate of drug-likeness (QED) is 0.0538. The molecule has 260 valence electrons. The van der Waals surface area contributed by atoms with Gasteiger partial charge in [-0.15, -0.1) is 0 Å². The Balaban J connectivity index is 2.28. The van der Waals surface area contributed by atoms with Gasteiger partial charge in [0.2, 0.25) is 0 Å². The molecule has 3 aromatic rings. The Kier molecular flexibility index (Phi) is 17.1. The number of para-hydroxylation sites is 1. The molecule has 0 heterocycles. The number of carbonyl (C=O) groups excluding carboxylic acids is 1. The second kappa shape index (κ2) is 20.7. The minimum absolute atomic E-state index is 0.367. The van der Waals surface area contributed by atoms with E-state index in [9.17, 15) is 4.79 Å². The summed E-state index contributed by atoms with van der Waals surface area (Å²) in [7, 11) is -4.39. The van der Waals surface area contributed by atoms with E-state index in [0.29, 0.717) is 17.1 Å². The second-order valence-corrected chi connectivity index (χ2v) is 21.8. The highest BCUT2D eigenvalue weighted by molar-refractivity contribution is 6.75. The lowest BCUT2D eigenvalue weighted by Crippen LogP contribution is -2.42. The van der Waals surface area contributed by atoms with Gasteiger partial charge in [0.1, 0.15) is 22.8 Å². The minimum atomic E-state index is -2.24. The first kappa shape index (κ1) is 38.9. The van der Waals surface area contributed by atoms with Crippen LogP contribution in [-0.4, -0.2) is 22.6 Å². The molecule has 6 heteroatoms. The van der Waals surface area contributed by atoms with Gasteiger partial charge in [0, 0.05) is 10.8 Å². The highest BCUT2D eigenvalue weighted by atomic mass is 28.4. The topological polar surface area (TPSA) is 44.8 Å². The average Bonchev–Trinajstić information content (AvgIpc) is 3.10. The normalized spacial score (nSPS) is 12.0. The molecule has 0 fully saturated rings. The first-order valence-corrected chi connectivity index (χ1v) is 24.2. The largest absolute Gasteiger partial charge is 0.543 e. The lowest BCUT2D eigenvalue weighted by atomic mass is 10.0. The zero-order chi connectivity index (χ0) is 34.0. The Bertz CT molecular complexity index is 1280. The predicted molar refractivity (Wildman–Crippen MR) is 206 cm³/mol. The lowest BCUT2D eigenvalue weighted by molar-refractivity contribution is 0.0732. The number of benzene rings is 3. The van der Waals surface area contributed by atoms with Crippen molar-refractivity contribution in [1.82, 2.24) is 0 Å². The summed E-state index contributed by atoms with van der Waals surface area (Å²) in [5.41, 5.74) is 0.508. The summed E-state index contributed by atoms with van der Waals surface area (Å²) in [6.07, 6.45) is 13.9. The maximum atomic E-state index is 14.3. The first-order valence-electron chi connectivity index (χ1n) is 19.1. The summed E-state index contributed by atoms with van der Waals surface area (Å²) in [5.74, 6) is 1.73.